The number of ether oxygens (including phenoxy) is 2. The monoisotopic (exact) mass is 263 g/mol. The number of hydrogen-bond acceptors (Lipinski definition) is 4. The Morgan fingerprint density at radius 3 is 2.78 bits per heavy atom. The summed E-state index contributed by atoms with van der Waals surface area (Å²) in [7, 11) is 0. The van der Waals surface area contributed by atoms with E-state index < -0.39 is 0 Å². The highest BCUT2D eigenvalue weighted by Gasteiger charge is 2.00. The van der Waals surface area contributed by atoms with Crippen molar-refractivity contribution < 1.29 is 9.47 Å². The van der Waals surface area contributed by atoms with Gasteiger partial charge in [-0.3, -0.25) is 0 Å². The van der Waals surface area contributed by atoms with E-state index in [4.69, 9.17) is 15.2 Å². The highest BCUT2D eigenvalue weighted by molar-refractivity contribution is 7.08. The molecule has 0 bridgehead atoms. The molecule has 0 atom stereocenters. The summed E-state index contributed by atoms with van der Waals surface area (Å²) in [5, 5.41) is 4.20. The standard InChI is InChI=1S/C14H17NO2S/c15-5-6-16-7-8-17-14-3-1-2-12(10-14)13-4-9-18-11-13/h1-4,9-11H,5-8,15H2. The SMILES string of the molecule is NCCOCCOc1cccc(-c2ccsc2)c1. The summed E-state index contributed by atoms with van der Waals surface area (Å²) in [4.78, 5) is 0. The Morgan fingerprint density at radius 1 is 1.06 bits per heavy atom. The van der Waals surface area contributed by atoms with Crippen molar-refractivity contribution in [1.82, 2.24) is 0 Å². The molecule has 0 saturated heterocycles. The Hall–Kier alpha value is -1.36. The van der Waals surface area contributed by atoms with Crippen LogP contribution in [0.25, 0.3) is 11.1 Å². The van der Waals surface area contributed by atoms with E-state index in [0.717, 1.165) is 5.75 Å². The fourth-order valence-corrected chi connectivity index (χ4v) is 2.26. The molecule has 0 fully saturated rings. The van der Waals surface area contributed by atoms with Crippen LogP contribution in [-0.2, 0) is 4.74 Å². The molecular formula is C14H17NO2S. The van der Waals surface area contributed by atoms with Crippen molar-refractivity contribution in [1.29, 1.82) is 0 Å². The fourth-order valence-electron chi connectivity index (χ4n) is 1.60. The van der Waals surface area contributed by atoms with E-state index >= 15 is 0 Å². The third kappa shape index (κ3) is 3.84. The first-order chi connectivity index (χ1) is 8.90. The van der Waals surface area contributed by atoms with Crippen molar-refractivity contribution in [3.05, 3.63) is 41.1 Å². The average molecular weight is 263 g/mol. The zero-order valence-electron chi connectivity index (χ0n) is 10.2. The number of benzene rings is 1. The molecule has 96 valence electrons. The van der Waals surface area contributed by atoms with E-state index in [0.29, 0.717) is 26.4 Å². The molecule has 3 nitrogen and oxygen atoms in total. The molecule has 0 unspecified atom stereocenters. The summed E-state index contributed by atoms with van der Waals surface area (Å²) in [6, 6.07) is 10.2. The van der Waals surface area contributed by atoms with Crippen LogP contribution >= 0.6 is 11.3 Å². The summed E-state index contributed by atoms with van der Waals surface area (Å²) >= 11 is 1.69. The largest absolute Gasteiger partial charge is 0.491 e. The maximum absolute atomic E-state index is 5.63. The van der Waals surface area contributed by atoms with E-state index in [9.17, 15) is 0 Å². The van der Waals surface area contributed by atoms with Crippen LogP contribution in [0.3, 0.4) is 0 Å². The van der Waals surface area contributed by atoms with Crippen LogP contribution in [0.1, 0.15) is 0 Å². The van der Waals surface area contributed by atoms with Gasteiger partial charge in [-0.05, 0) is 40.1 Å². The van der Waals surface area contributed by atoms with Gasteiger partial charge in [0, 0.05) is 6.54 Å². The number of nitrogens with two attached hydrogens (primary N) is 1. The third-order valence-corrected chi connectivity index (χ3v) is 3.13. The Balaban J connectivity index is 1.88. The van der Waals surface area contributed by atoms with Gasteiger partial charge in [-0.1, -0.05) is 12.1 Å². The first kappa shape index (κ1) is 13.1. The Kier molecular flexibility index (Phi) is 5.20. The van der Waals surface area contributed by atoms with Gasteiger partial charge in [-0.15, -0.1) is 0 Å². The third-order valence-electron chi connectivity index (χ3n) is 2.45. The summed E-state index contributed by atoms with van der Waals surface area (Å²) < 4.78 is 10.9. The molecule has 0 saturated carbocycles. The lowest BCUT2D eigenvalue weighted by Crippen LogP contribution is -2.13. The highest BCUT2D eigenvalue weighted by atomic mass is 32.1. The van der Waals surface area contributed by atoms with Gasteiger partial charge in [-0.25, -0.2) is 0 Å². The Bertz CT molecular complexity index is 457. The minimum atomic E-state index is 0.549. The molecule has 1 aromatic heterocycles. The Morgan fingerprint density at radius 2 is 2.00 bits per heavy atom. The van der Waals surface area contributed by atoms with Gasteiger partial charge in [0.15, 0.2) is 0 Å². The van der Waals surface area contributed by atoms with Crippen molar-refractivity contribution in [2.24, 2.45) is 5.73 Å². The van der Waals surface area contributed by atoms with Crippen LogP contribution in [0.5, 0.6) is 5.75 Å². The van der Waals surface area contributed by atoms with Crippen molar-refractivity contribution in [2.45, 2.75) is 0 Å². The first-order valence-corrected chi connectivity index (χ1v) is 6.87. The van der Waals surface area contributed by atoms with E-state index in [2.05, 4.69) is 22.9 Å². The van der Waals surface area contributed by atoms with Crippen LogP contribution in [-0.4, -0.2) is 26.4 Å². The zero-order chi connectivity index (χ0) is 12.6. The lowest BCUT2D eigenvalue weighted by atomic mass is 10.1. The highest BCUT2D eigenvalue weighted by Crippen LogP contribution is 2.25. The van der Waals surface area contributed by atoms with Crippen LogP contribution in [0, 0.1) is 0 Å². The first-order valence-electron chi connectivity index (χ1n) is 5.93. The predicted molar refractivity (Wildman–Crippen MR) is 75.1 cm³/mol. The van der Waals surface area contributed by atoms with E-state index in [1.54, 1.807) is 11.3 Å². The minimum absolute atomic E-state index is 0.549. The molecule has 1 heterocycles. The number of thiophene rings is 1. The molecule has 0 radical (unpaired) electrons. The molecule has 0 aliphatic heterocycles. The summed E-state index contributed by atoms with van der Waals surface area (Å²) in [5.41, 5.74) is 7.74. The summed E-state index contributed by atoms with van der Waals surface area (Å²) in [6.07, 6.45) is 0. The maximum Gasteiger partial charge on any atom is 0.120 e. The minimum Gasteiger partial charge on any atom is -0.491 e. The van der Waals surface area contributed by atoms with Crippen LogP contribution < -0.4 is 10.5 Å². The van der Waals surface area contributed by atoms with Crippen LogP contribution in [0.2, 0.25) is 0 Å². The Labute approximate surface area is 111 Å². The molecule has 0 spiro atoms. The van der Waals surface area contributed by atoms with Gasteiger partial charge in [-0.2, -0.15) is 11.3 Å². The molecular weight excluding hydrogens is 246 g/mol. The van der Waals surface area contributed by atoms with Gasteiger partial charge in [0.25, 0.3) is 0 Å². The van der Waals surface area contributed by atoms with Crippen LogP contribution in [0.4, 0.5) is 0 Å². The number of hydrogen-bond donors (Lipinski definition) is 1. The molecule has 2 rings (SSSR count). The molecule has 0 aliphatic carbocycles. The molecule has 18 heavy (non-hydrogen) atoms. The molecule has 0 amide bonds. The summed E-state index contributed by atoms with van der Waals surface area (Å²) in [5.74, 6) is 0.870. The lowest BCUT2D eigenvalue weighted by Gasteiger charge is -2.07. The molecule has 0 aliphatic rings. The topological polar surface area (TPSA) is 44.5 Å². The molecule has 1 aromatic carbocycles. The number of rotatable bonds is 7. The second kappa shape index (κ2) is 7.16. The molecule has 2 aromatic rings. The van der Waals surface area contributed by atoms with Crippen molar-refractivity contribution in [3.8, 4) is 16.9 Å². The van der Waals surface area contributed by atoms with Crippen molar-refractivity contribution >= 4 is 11.3 Å². The zero-order valence-corrected chi connectivity index (χ0v) is 11.0. The predicted octanol–water partition coefficient (Wildman–Crippen LogP) is 2.77. The van der Waals surface area contributed by atoms with Gasteiger partial charge in [0.05, 0.1) is 13.2 Å². The van der Waals surface area contributed by atoms with Gasteiger partial charge < -0.3 is 15.2 Å². The molecule has 2 N–H and O–H groups in total. The van der Waals surface area contributed by atoms with Crippen molar-refractivity contribution in [3.63, 3.8) is 0 Å². The summed E-state index contributed by atoms with van der Waals surface area (Å²) in [6.45, 7) is 2.25. The quantitative estimate of drug-likeness (QED) is 0.781. The van der Waals surface area contributed by atoms with E-state index in [1.165, 1.54) is 11.1 Å². The van der Waals surface area contributed by atoms with Gasteiger partial charge in [0.1, 0.15) is 12.4 Å². The lowest BCUT2D eigenvalue weighted by molar-refractivity contribution is 0.106. The van der Waals surface area contributed by atoms with Crippen LogP contribution in [0.15, 0.2) is 41.1 Å². The van der Waals surface area contributed by atoms with Gasteiger partial charge in [0.2, 0.25) is 0 Å². The van der Waals surface area contributed by atoms with E-state index in [-0.39, 0.29) is 0 Å². The smallest absolute Gasteiger partial charge is 0.120 e. The second-order valence-corrected chi connectivity index (χ2v) is 4.57. The second-order valence-electron chi connectivity index (χ2n) is 3.79. The van der Waals surface area contributed by atoms with Gasteiger partial charge >= 0.3 is 0 Å². The molecule has 4 heteroatoms. The average Bonchev–Trinajstić information content (AvgIpc) is 2.93. The fraction of sp³-hybridized carbons (Fsp3) is 0.286. The normalized spacial score (nSPS) is 10.5. The maximum atomic E-state index is 5.63. The van der Waals surface area contributed by atoms with Crippen molar-refractivity contribution in [2.75, 3.05) is 26.4 Å². The van der Waals surface area contributed by atoms with E-state index in [1.807, 2.05) is 18.2 Å².